The molecule has 1 aliphatic heterocycles. The summed E-state index contributed by atoms with van der Waals surface area (Å²) in [6, 6.07) is 4.78. The monoisotopic (exact) mass is 314 g/mol. The van der Waals surface area contributed by atoms with E-state index in [0.717, 1.165) is 25.9 Å². The molecule has 0 saturated carbocycles. The van der Waals surface area contributed by atoms with E-state index in [9.17, 15) is 4.79 Å². The molecule has 1 unspecified atom stereocenters. The fourth-order valence-corrected chi connectivity index (χ4v) is 2.23. The molecule has 1 aromatic carbocycles. The molecular formula is C15H19ClO5. The molecule has 0 bridgehead atoms. The average molecular weight is 315 g/mol. The van der Waals surface area contributed by atoms with Crippen molar-refractivity contribution in [3.05, 3.63) is 28.8 Å². The van der Waals surface area contributed by atoms with E-state index >= 15 is 0 Å². The molecule has 6 heteroatoms. The van der Waals surface area contributed by atoms with Gasteiger partial charge in [0.1, 0.15) is 17.9 Å². The van der Waals surface area contributed by atoms with Gasteiger partial charge in [-0.2, -0.15) is 0 Å². The number of halogens is 1. The van der Waals surface area contributed by atoms with Gasteiger partial charge in [0.25, 0.3) is 0 Å². The molecular weight excluding hydrogens is 296 g/mol. The van der Waals surface area contributed by atoms with Crippen LogP contribution in [-0.4, -0.2) is 39.2 Å². The zero-order chi connectivity index (χ0) is 15.1. The number of rotatable bonds is 6. The molecule has 116 valence electrons. The van der Waals surface area contributed by atoms with Crippen LogP contribution in [0.15, 0.2) is 18.2 Å². The minimum Gasteiger partial charge on any atom is -0.490 e. The molecule has 1 fully saturated rings. The number of hydrogen-bond acceptors (Lipinski definition) is 5. The topological polar surface area (TPSA) is 54.0 Å². The summed E-state index contributed by atoms with van der Waals surface area (Å²) >= 11 is 5.92. The Morgan fingerprint density at radius 2 is 2.24 bits per heavy atom. The largest absolute Gasteiger partial charge is 0.490 e. The van der Waals surface area contributed by atoms with Gasteiger partial charge in [0, 0.05) is 11.6 Å². The van der Waals surface area contributed by atoms with E-state index in [4.69, 9.17) is 30.5 Å². The maximum absolute atomic E-state index is 11.6. The predicted molar refractivity (Wildman–Crippen MR) is 77.8 cm³/mol. The number of carbonyl (C=O) groups is 1. The van der Waals surface area contributed by atoms with Gasteiger partial charge in [-0.3, -0.25) is 0 Å². The molecule has 0 radical (unpaired) electrons. The molecule has 1 aromatic rings. The third-order valence-corrected chi connectivity index (χ3v) is 3.37. The van der Waals surface area contributed by atoms with Crippen molar-refractivity contribution in [2.45, 2.75) is 25.6 Å². The van der Waals surface area contributed by atoms with Gasteiger partial charge in [0.2, 0.25) is 0 Å². The molecule has 1 saturated heterocycles. The molecule has 5 nitrogen and oxygen atoms in total. The summed E-state index contributed by atoms with van der Waals surface area (Å²) < 4.78 is 21.3. The average Bonchev–Trinajstić information content (AvgIpc) is 2.52. The number of benzene rings is 1. The third kappa shape index (κ3) is 4.88. The van der Waals surface area contributed by atoms with Crippen LogP contribution in [0.4, 0.5) is 0 Å². The number of methoxy groups -OCH3 is 1. The van der Waals surface area contributed by atoms with Crippen molar-refractivity contribution in [2.24, 2.45) is 0 Å². The summed E-state index contributed by atoms with van der Waals surface area (Å²) in [7, 11) is 1.32. The Morgan fingerprint density at radius 3 is 2.95 bits per heavy atom. The maximum Gasteiger partial charge on any atom is 0.341 e. The molecule has 0 aromatic heterocycles. The van der Waals surface area contributed by atoms with Crippen LogP contribution in [0.25, 0.3) is 0 Å². The first-order chi connectivity index (χ1) is 10.2. The fraction of sp³-hybridized carbons (Fsp3) is 0.533. The smallest absolute Gasteiger partial charge is 0.341 e. The van der Waals surface area contributed by atoms with E-state index in [1.54, 1.807) is 18.2 Å². The van der Waals surface area contributed by atoms with Crippen molar-refractivity contribution in [1.82, 2.24) is 0 Å². The minimum absolute atomic E-state index is 0.151. The van der Waals surface area contributed by atoms with Crippen LogP contribution in [-0.2, 0) is 14.2 Å². The van der Waals surface area contributed by atoms with Crippen molar-refractivity contribution >= 4 is 17.6 Å². The summed E-state index contributed by atoms with van der Waals surface area (Å²) in [4.78, 5) is 11.6. The molecule has 1 atom stereocenters. The third-order valence-electron chi connectivity index (χ3n) is 3.13. The van der Waals surface area contributed by atoms with E-state index in [2.05, 4.69) is 0 Å². The highest BCUT2D eigenvalue weighted by Crippen LogP contribution is 2.24. The molecule has 2 rings (SSSR count). The van der Waals surface area contributed by atoms with E-state index in [1.807, 2.05) is 0 Å². The molecule has 21 heavy (non-hydrogen) atoms. The molecule has 0 spiro atoms. The summed E-state index contributed by atoms with van der Waals surface area (Å²) in [5, 5.41) is 0.495. The molecule has 0 aliphatic carbocycles. The number of ether oxygens (including phenoxy) is 4. The maximum atomic E-state index is 11.6. The lowest BCUT2D eigenvalue weighted by Crippen LogP contribution is -2.24. The Bertz CT molecular complexity index is 471. The Morgan fingerprint density at radius 1 is 1.38 bits per heavy atom. The fourth-order valence-electron chi connectivity index (χ4n) is 2.07. The molecule has 0 amide bonds. The molecule has 0 N–H and O–H groups in total. The van der Waals surface area contributed by atoms with Crippen LogP contribution in [0.3, 0.4) is 0 Å². The predicted octanol–water partition coefficient (Wildman–Crippen LogP) is 3.05. The summed E-state index contributed by atoms with van der Waals surface area (Å²) in [6.45, 7) is 1.44. The van der Waals surface area contributed by atoms with E-state index in [-0.39, 0.29) is 6.29 Å². The van der Waals surface area contributed by atoms with E-state index in [0.29, 0.717) is 29.5 Å². The van der Waals surface area contributed by atoms with Crippen molar-refractivity contribution in [1.29, 1.82) is 0 Å². The first-order valence-corrected chi connectivity index (χ1v) is 7.32. The van der Waals surface area contributed by atoms with Crippen molar-refractivity contribution < 1.29 is 23.7 Å². The van der Waals surface area contributed by atoms with Gasteiger partial charge in [0.15, 0.2) is 6.29 Å². The Hall–Kier alpha value is -1.30. The SMILES string of the molecule is COC(=O)c1ccc(Cl)cc1OCCOC1CCCCO1. The lowest BCUT2D eigenvalue weighted by Gasteiger charge is -2.22. The second-order valence-corrected chi connectivity index (χ2v) is 5.08. The number of carbonyl (C=O) groups excluding carboxylic acids is 1. The lowest BCUT2D eigenvalue weighted by molar-refractivity contribution is -0.165. The standard InChI is InChI=1S/C15H19ClO5/c1-18-15(17)12-6-5-11(16)10-13(12)19-8-9-21-14-4-2-3-7-20-14/h5-6,10,14H,2-4,7-9H2,1H3. The van der Waals surface area contributed by atoms with Crippen LogP contribution < -0.4 is 4.74 Å². The summed E-state index contributed by atoms with van der Waals surface area (Å²) in [5.74, 6) is -0.0688. The Labute approximate surface area is 129 Å². The van der Waals surface area contributed by atoms with Crippen LogP contribution in [0, 0.1) is 0 Å². The second-order valence-electron chi connectivity index (χ2n) is 4.65. The van der Waals surface area contributed by atoms with Gasteiger partial charge in [-0.15, -0.1) is 0 Å². The first-order valence-electron chi connectivity index (χ1n) is 6.94. The lowest BCUT2D eigenvalue weighted by atomic mass is 10.2. The van der Waals surface area contributed by atoms with Gasteiger partial charge < -0.3 is 18.9 Å². The Balaban J connectivity index is 1.84. The zero-order valence-corrected chi connectivity index (χ0v) is 12.7. The van der Waals surface area contributed by atoms with Crippen molar-refractivity contribution in [2.75, 3.05) is 26.9 Å². The number of esters is 1. The summed E-state index contributed by atoms with van der Waals surface area (Å²) in [5.41, 5.74) is 0.343. The van der Waals surface area contributed by atoms with Crippen LogP contribution in [0.1, 0.15) is 29.6 Å². The van der Waals surface area contributed by atoms with Gasteiger partial charge in [-0.25, -0.2) is 4.79 Å². The minimum atomic E-state index is -0.460. The quantitative estimate of drug-likeness (QED) is 0.596. The second kappa shape index (κ2) is 8.22. The highest BCUT2D eigenvalue weighted by molar-refractivity contribution is 6.30. The van der Waals surface area contributed by atoms with Crippen LogP contribution in [0.2, 0.25) is 5.02 Å². The first kappa shape index (κ1) is 16.1. The van der Waals surface area contributed by atoms with E-state index in [1.165, 1.54) is 7.11 Å². The van der Waals surface area contributed by atoms with E-state index < -0.39 is 5.97 Å². The molecule has 1 heterocycles. The van der Waals surface area contributed by atoms with Gasteiger partial charge in [0.05, 0.1) is 13.7 Å². The highest BCUT2D eigenvalue weighted by atomic mass is 35.5. The number of hydrogen-bond donors (Lipinski definition) is 0. The van der Waals surface area contributed by atoms with Crippen LogP contribution >= 0.6 is 11.6 Å². The Kier molecular flexibility index (Phi) is 6.29. The molecule has 1 aliphatic rings. The summed E-state index contributed by atoms with van der Waals surface area (Å²) in [6.07, 6.45) is 2.96. The van der Waals surface area contributed by atoms with Gasteiger partial charge in [-0.05, 0) is 37.5 Å². The van der Waals surface area contributed by atoms with Crippen LogP contribution in [0.5, 0.6) is 5.75 Å². The van der Waals surface area contributed by atoms with Crippen molar-refractivity contribution in [3.63, 3.8) is 0 Å². The normalized spacial score (nSPS) is 18.3. The highest BCUT2D eigenvalue weighted by Gasteiger charge is 2.15. The van der Waals surface area contributed by atoms with Gasteiger partial charge in [-0.1, -0.05) is 11.6 Å². The van der Waals surface area contributed by atoms with Crippen molar-refractivity contribution in [3.8, 4) is 5.75 Å². The van der Waals surface area contributed by atoms with Gasteiger partial charge >= 0.3 is 5.97 Å². The zero-order valence-electron chi connectivity index (χ0n) is 12.0.